The van der Waals surface area contributed by atoms with Crippen LogP contribution in [0.3, 0.4) is 0 Å². The lowest BCUT2D eigenvalue weighted by Gasteiger charge is -2.18. The summed E-state index contributed by atoms with van der Waals surface area (Å²) in [6, 6.07) is 13.8. The third kappa shape index (κ3) is 6.33. The lowest BCUT2D eigenvalue weighted by atomic mass is 10.1. The smallest absolute Gasteiger partial charge is 0.119 e. The van der Waals surface area contributed by atoms with Crippen LogP contribution in [0.2, 0.25) is 5.02 Å². The van der Waals surface area contributed by atoms with Crippen LogP contribution in [0.5, 0.6) is 5.75 Å². The molecule has 0 bridgehead atoms. The molecule has 0 saturated carbocycles. The molecule has 0 aliphatic rings. The molecular formula is C19H25Cl2NO2. The Hall–Kier alpha value is -1.26. The molecule has 0 aliphatic heterocycles. The topological polar surface area (TPSA) is 41.5 Å². The number of halogens is 2. The van der Waals surface area contributed by atoms with Crippen molar-refractivity contribution in [1.29, 1.82) is 0 Å². The number of aliphatic hydroxyl groups is 1. The Morgan fingerprint density at radius 2 is 1.75 bits per heavy atom. The van der Waals surface area contributed by atoms with Gasteiger partial charge >= 0.3 is 0 Å². The van der Waals surface area contributed by atoms with Crippen molar-refractivity contribution in [2.45, 2.75) is 32.9 Å². The standard InChI is InChI=1S/C19H24ClNO2.ClH/c1-13-4-9-19(10-14(13)2)23-12-18(22)11-21-15(3)16-5-7-17(20)8-6-16;/h4-10,15,18,21-22H,11-12H2,1-3H3;1H. The minimum Gasteiger partial charge on any atom is -0.491 e. The second-order valence-electron chi connectivity index (χ2n) is 5.89. The summed E-state index contributed by atoms with van der Waals surface area (Å²) in [5, 5.41) is 14.1. The predicted molar refractivity (Wildman–Crippen MR) is 103 cm³/mol. The van der Waals surface area contributed by atoms with Gasteiger partial charge in [0.2, 0.25) is 0 Å². The van der Waals surface area contributed by atoms with E-state index >= 15 is 0 Å². The summed E-state index contributed by atoms with van der Waals surface area (Å²) in [5.41, 5.74) is 3.56. The highest BCUT2D eigenvalue weighted by Gasteiger charge is 2.10. The summed E-state index contributed by atoms with van der Waals surface area (Å²) in [6.07, 6.45) is -0.564. The summed E-state index contributed by atoms with van der Waals surface area (Å²) in [6.45, 7) is 6.90. The minimum absolute atomic E-state index is 0. The van der Waals surface area contributed by atoms with Gasteiger partial charge in [-0.3, -0.25) is 0 Å². The molecule has 0 aliphatic carbocycles. The van der Waals surface area contributed by atoms with Crippen LogP contribution in [0.15, 0.2) is 42.5 Å². The number of hydrogen-bond donors (Lipinski definition) is 2. The molecule has 132 valence electrons. The van der Waals surface area contributed by atoms with Gasteiger partial charge in [0.15, 0.2) is 0 Å². The third-order valence-electron chi connectivity index (χ3n) is 3.95. The molecule has 2 aromatic rings. The zero-order valence-corrected chi connectivity index (χ0v) is 15.8. The Morgan fingerprint density at radius 1 is 1.08 bits per heavy atom. The third-order valence-corrected chi connectivity index (χ3v) is 4.20. The van der Waals surface area contributed by atoms with E-state index in [1.54, 1.807) is 0 Å². The number of aryl methyl sites for hydroxylation is 2. The highest BCUT2D eigenvalue weighted by molar-refractivity contribution is 6.30. The largest absolute Gasteiger partial charge is 0.491 e. The zero-order valence-electron chi connectivity index (χ0n) is 14.3. The number of nitrogens with one attached hydrogen (secondary N) is 1. The Kier molecular flexibility index (Phi) is 8.57. The van der Waals surface area contributed by atoms with Crippen molar-refractivity contribution in [2.75, 3.05) is 13.2 Å². The van der Waals surface area contributed by atoms with Crippen molar-refractivity contribution in [3.8, 4) is 5.75 Å². The van der Waals surface area contributed by atoms with Gasteiger partial charge in [-0.05, 0) is 61.7 Å². The van der Waals surface area contributed by atoms with Gasteiger partial charge < -0.3 is 15.2 Å². The van der Waals surface area contributed by atoms with E-state index in [0.717, 1.165) is 16.3 Å². The molecule has 0 fully saturated rings. The highest BCUT2D eigenvalue weighted by atomic mass is 35.5. The molecule has 2 unspecified atom stereocenters. The van der Waals surface area contributed by atoms with Gasteiger partial charge in [0.05, 0.1) is 0 Å². The monoisotopic (exact) mass is 369 g/mol. The minimum atomic E-state index is -0.564. The zero-order chi connectivity index (χ0) is 16.8. The number of hydrogen-bond acceptors (Lipinski definition) is 3. The van der Waals surface area contributed by atoms with Crippen molar-refractivity contribution < 1.29 is 9.84 Å². The predicted octanol–water partition coefficient (Wildman–Crippen LogP) is 4.47. The van der Waals surface area contributed by atoms with E-state index in [1.165, 1.54) is 11.1 Å². The van der Waals surface area contributed by atoms with Gasteiger partial charge in [0, 0.05) is 17.6 Å². The Morgan fingerprint density at radius 3 is 2.38 bits per heavy atom. The molecule has 24 heavy (non-hydrogen) atoms. The summed E-state index contributed by atoms with van der Waals surface area (Å²) in [4.78, 5) is 0. The van der Waals surface area contributed by atoms with Crippen LogP contribution in [-0.4, -0.2) is 24.4 Å². The van der Waals surface area contributed by atoms with Crippen LogP contribution >= 0.6 is 24.0 Å². The van der Waals surface area contributed by atoms with Crippen molar-refractivity contribution in [3.63, 3.8) is 0 Å². The van der Waals surface area contributed by atoms with Gasteiger partial charge in [0.1, 0.15) is 18.5 Å². The van der Waals surface area contributed by atoms with Gasteiger partial charge in [-0.1, -0.05) is 29.8 Å². The molecule has 0 radical (unpaired) electrons. The summed E-state index contributed by atoms with van der Waals surface area (Å²) in [5.74, 6) is 0.790. The maximum atomic E-state index is 10.1. The maximum absolute atomic E-state index is 10.1. The number of ether oxygens (including phenoxy) is 1. The first-order valence-electron chi connectivity index (χ1n) is 7.82. The van der Waals surface area contributed by atoms with Crippen LogP contribution in [0, 0.1) is 13.8 Å². The number of rotatable bonds is 7. The van der Waals surface area contributed by atoms with Crippen molar-refractivity contribution in [1.82, 2.24) is 5.32 Å². The van der Waals surface area contributed by atoms with E-state index in [-0.39, 0.29) is 25.1 Å². The van der Waals surface area contributed by atoms with E-state index in [4.69, 9.17) is 16.3 Å². The van der Waals surface area contributed by atoms with Gasteiger partial charge in [-0.2, -0.15) is 0 Å². The molecule has 3 nitrogen and oxygen atoms in total. The molecule has 2 aromatic carbocycles. The quantitative estimate of drug-likeness (QED) is 0.756. The lowest BCUT2D eigenvalue weighted by molar-refractivity contribution is 0.104. The fourth-order valence-electron chi connectivity index (χ4n) is 2.24. The van der Waals surface area contributed by atoms with Crippen LogP contribution < -0.4 is 10.1 Å². The lowest BCUT2D eigenvalue weighted by Crippen LogP contribution is -2.33. The van der Waals surface area contributed by atoms with Crippen LogP contribution in [-0.2, 0) is 0 Å². The van der Waals surface area contributed by atoms with Gasteiger partial charge in [0.25, 0.3) is 0 Å². The SMILES string of the molecule is Cc1ccc(OCC(O)CNC(C)c2ccc(Cl)cc2)cc1C.Cl. The first-order chi connectivity index (χ1) is 11.0. The molecular weight excluding hydrogens is 345 g/mol. The first kappa shape index (κ1) is 20.8. The van der Waals surface area contributed by atoms with Crippen molar-refractivity contribution >= 4 is 24.0 Å². The van der Waals surface area contributed by atoms with E-state index in [0.29, 0.717) is 6.54 Å². The van der Waals surface area contributed by atoms with Gasteiger partial charge in [-0.25, -0.2) is 0 Å². The fourth-order valence-corrected chi connectivity index (χ4v) is 2.36. The number of benzene rings is 2. The van der Waals surface area contributed by atoms with Crippen LogP contribution in [0.25, 0.3) is 0 Å². The molecule has 2 N–H and O–H groups in total. The van der Waals surface area contributed by atoms with E-state index in [1.807, 2.05) is 49.4 Å². The van der Waals surface area contributed by atoms with E-state index < -0.39 is 6.10 Å². The Balaban J connectivity index is 0.00000288. The molecule has 5 heteroatoms. The fraction of sp³-hybridized carbons (Fsp3) is 0.368. The second-order valence-corrected chi connectivity index (χ2v) is 6.33. The average molecular weight is 370 g/mol. The van der Waals surface area contributed by atoms with E-state index in [2.05, 4.69) is 19.2 Å². The molecule has 0 aromatic heterocycles. The second kappa shape index (κ2) is 9.90. The average Bonchev–Trinajstić information content (AvgIpc) is 2.54. The highest BCUT2D eigenvalue weighted by Crippen LogP contribution is 2.17. The summed E-state index contributed by atoms with van der Waals surface area (Å²) >= 11 is 5.89. The molecule has 2 rings (SSSR count). The molecule has 0 amide bonds. The Labute approximate surface area is 155 Å². The molecule has 2 atom stereocenters. The normalized spacial score (nSPS) is 13.0. The molecule has 0 saturated heterocycles. The first-order valence-corrected chi connectivity index (χ1v) is 8.20. The van der Waals surface area contributed by atoms with Crippen LogP contribution in [0.1, 0.15) is 29.7 Å². The van der Waals surface area contributed by atoms with Gasteiger partial charge in [-0.15, -0.1) is 12.4 Å². The van der Waals surface area contributed by atoms with Crippen molar-refractivity contribution in [3.05, 3.63) is 64.2 Å². The van der Waals surface area contributed by atoms with Crippen LogP contribution in [0.4, 0.5) is 0 Å². The summed E-state index contributed by atoms with van der Waals surface area (Å²) < 4.78 is 5.65. The maximum Gasteiger partial charge on any atom is 0.119 e. The Bertz CT molecular complexity index is 632. The number of aliphatic hydroxyl groups excluding tert-OH is 1. The molecule has 0 spiro atoms. The van der Waals surface area contributed by atoms with E-state index in [9.17, 15) is 5.11 Å². The molecule has 0 heterocycles. The van der Waals surface area contributed by atoms with Crippen molar-refractivity contribution in [2.24, 2.45) is 0 Å². The summed E-state index contributed by atoms with van der Waals surface area (Å²) in [7, 11) is 0.